The molecule has 0 aliphatic carbocycles. The van der Waals surface area contributed by atoms with E-state index in [9.17, 15) is 18.4 Å². The first-order valence-electron chi connectivity index (χ1n) is 9.05. The predicted molar refractivity (Wildman–Crippen MR) is 101 cm³/mol. The van der Waals surface area contributed by atoms with Gasteiger partial charge in [-0.15, -0.1) is 0 Å². The van der Waals surface area contributed by atoms with Gasteiger partial charge in [0, 0.05) is 20.9 Å². The fourth-order valence-corrected chi connectivity index (χ4v) is 3.06. The summed E-state index contributed by atoms with van der Waals surface area (Å²) in [6.45, 7) is 3.13. The van der Waals surface area contributed by atoms with Crippen molar-refractivity contribution in [2.24, 2.45) is 0 Å². The predicted octanol–water partition coefficient (Wildman–Crippen LogP) is 3.90. The molecule has 2 aromatic carbocycles. The minimum atomic E-state index is -1.13. The molecule has 1 heterocycles. The Morgan fingerprint density at radius 2 is 1.59 bits per heavy atom. The summed E-state index contributed by atoms with van der Waals surface area (Å²) >= 11 is 0. The maximum atomic E-state index is 13.4. The topological polar surface area (TPSA) is 55.8 Å². The lowest BCUT2D eigenvalue weighted by Crippen LogP contribution is -2.31. The Balaban J connectivity index is 1.88. The number of hydrogen-bond acceptors (Lipinski definition) is 4. The molecule has 1 atom stereocenters. The van der Waals surface area contributed by atoms with Crippen molar-refractivity contribution < 1.29 is 27.8 Å². The maximum Gasteiger partial charge on any atom is 0.377 e. The number of nitrogens with zero attached hydrogens (tertiary/aromatic N) is 1. The summed E-state index contributed by atoms with van der Waals surface area (Å²) in [5.74, 6) is -3.26. The molecule has 0 N–H and O–H groups in total. The van der Waals surface area contributed by atoms with Gasteiger partial charge in [-0.1, -0.05) is 24.3 Å². The van der Waals surface area contributed by atoms with Crippen molar-refractivity contribution in [3.8, 4) is 0 Å². The molecule has 0 saturated carbocycles. The van der Waals surface area contributed by atoms with Crippen LogP contribution < -0.4 is 0 Å². The van der Waals surface area contributed by atoms with Crippen LogP contribution in [0.3, 0.4) is 0 Å². The van der Waals surface area contributed by atoms with E-state index in [4.69, 9.17) is 9.47 Å². The van der Waals surface area contributed by atoms with Crippen LogP contribution in [0.5, 0.6) is 0 Å². The first-order valence-corrected chi connectivity index (χ1v) is 9.05. The summed E-state index contributed by atoms with van der Waals surface area (Å²) in [6, 6.07) is 11.2. The number of amides is 1. The third-order valence-corrected chi connectivity index (χ3v) is 4.56. The van der Waals surface area contributed by atoms with Crippen molar-refractivity contribution >= 4 is 11.9 Å². The number of benzene rings is 2. The van der Waals surface area contributed by atoms with Gasteiger partial charge in [-0.2, -0.15) is 0 Å². The number of carbonyl (C=O) groups excluding carboxylic acids is 2. The summed E-state index contributed by atoms with van der Waals surface area (Å²) in [7, 11) is 1.57. The molecule has 29 heavy (non-hydrogen) atoms. The number of ether oxygens (including phenoxy) is 2. The summed E-state index contributed by atoms with van der Waals surface area (Å²) in [5.41, 5.74) is 1.49. The van der Waals surface area contributed by atoms with Gasteiger partial charge in [0.1, 0.15) is 11.6 Å². The molecule has 1 aliphatic rings. The second-order valence-corrected chi connectivity index (χ2v) is 7.25. The number of rotatable bonds is 5. The van der Waals surface area contributed by atoms with E-state index in [2.05, 4.69) is 0 Å². The van der Waals surface area contributed by atoms with Crippen molar-refractivity contribution in [1.82, 2.24) is 4.90 Å². The minimum Gasteiger partial charge on any atom is -0.445 e. The molecule has 1 amide bonds. The van der Waals surface area contributed by atoms with Gasteiger partial charge >= 0.3 is 5.97 Å². The number of cyclic esters (lactones) is 1. The highest BCUT2D eigenvalue weighted by molar-refractivity contribution is 5.98. The maximum absolute atomic E-state index is 13.4. The smallest absolute Gasteiger partial charge is 0.377 e. The summed E-state index contributed by atoms with van der Waals surface area (Å²) in [4.78, 5) is 26.1. The summed E-state index contributed by atoms with van der Waals surface area (Å²) < 4.78 is 37.0. The largest absolute Gasteiger partial charge is 0.445 e. The second-order valence-electron chi connectivity index (χ2n) is 7.25. The number of esters is 1. The van der Waals surface area contributed by atoms with E-state index in [1.54, 1.807) is 45.2 Å². The Kier molecular flexibility index (Phi) is 5.68. The monoisotopic (exact) mass is 401 g/mol. The zero-order valence-electron chi connectivity index (χ0n) is 16.3. The molecule has 0 bridgehead atoms. The summed E-state index contributed by atoms with van der Waals surface area (Å²) in [5, 5.41) is 0. The van der Waals surface area contributed by atoms with Gasteiger partial charge in [0.25, 0.3) is 5.91 Å². The highest BCUT2D eigenvalue weighted by atomic mass is 19.1. The third-order valence-electron chi connectivity index (χ3n) is 4.56. The molecule has 0 radical (unpaired) electrons. The van der Waals surface area contributed by atoms with E-state index >= 15 is 0 Å². The highest BCUT2D eigenvalue weighted by Crippen LogP contribution is 2.28. The lowest BCUT2D eigenvalue weighted by Gasteiger charge is -2.28. The molecule has 1 saturated heterocycles. The van der Waals surface area contributed by atoms with Gasteiger partial charge in [-0.3, -0.25) is 4.79 Å². The zero-order valence-corrected chi connectivity index (χ0v) is 16.3. The SMILES string of the molecule is CN(C(=O)C=C1OC(C)(C)OC1=O)C(Cc1ccc(F)cc1)c1ccc(F)cc1. The molecule has 2 aromatic rings. The average molecular weight is 401 g/mol. The molecular weight excluding hydrogens is 380 g/mol. The van der Waals surface area contributed by atoms with Crippen molar-refractivity contribution in [1.29, 1.82) is 0 Å². The molecule has 7 heteroatoms. The molecular formula is C22H21F2NO4. The van der Waals surface area contributed by atoms with Crippen LogP contribution in [0.2, 0.25) is 0 Å². The van der Waals surface area contributed by atoms with E-state index in [-0.39, 0.29) is 11.6 Å². The van der Waals surface area contributed by atoms with Crippen molar-refractivity contribution in [2.45, 2.75) is 32.1 Å². The fourth-order valence-electron chi connectivity index (χ4n) is 3.06. The van der Waals surface area contributed by atoms with Gasteiger partial charge < -0.3 is 14.4 Å². The van der Waals surface area contributed by atoms with Crippen LogP contribution in [-0.4, -0.2) is 29.6 Å². The first kappa shape index (κ1) is 20.5. The van der Waals surface area contributed by atoms with Gasteiger partial charge in [0.15, 0.2) is 0 Å². The van der Waals surface area contributed by atoms with E-state index < -0.39 is 29.5 Å². The minimum absolute atomic E-state index is 0.175. The van der Waals surface area contributed by atoms with Crippen molar-refractivity contribution in [3.05, 3.63) is 83.1 Å². The number of hydrogen-bond donors (Lipinski definition) is 0. The molecule has 0 aromatic heterocycles. The quantitative estimate of drug-likeness (QED) is 0.563. The van der Waals surface area contributed by atoms with Crippen LogP contribution in [0.1, 0.15) is 31.0 Å². The number of carbonyl (C=O) groups is 2. The standard InChI is InChI=1S/C22H21F2NO4/c1-22(2)28-19(21(27)29-22)13-20(26)25(3)18(15-6-10-17(24)11-7-15)12-14-4-8-16(23)9-5-14/h4-11,13,18H,12H2,1-3H3. The third kappa shape index (κ3) is 4.99. The van der Waals surface area contributed by atoms with Crippen LogP contribution in [0.15, 0.2) is 60.4 Å². The number of halogens is 2. The normalized spacial score (nSPS) is 17.6. The van der Waals surface area contributed by atoms with Crippen LogP contribution in [0, 0.1) is 11.6 Å². The van der Waals surface area contributed by atoms with Gasteiger partial charge in [-0.05, 0) is 41.8 Å². The molecule has 3 rings (SSSR count). The van der Waals surface area contributed by atoms with E-state index in [1.165, 1.54) is 29.2 Å². The Morgan fingerprint density at radius 1 is 1.03 bits per heavy atom. The van der Waals surface area contributed by atoms with E-state index in [1.807, 2.05) is 0 Å². The van der Waals surface area contributed by atoms with Gasteiger partial charge in [0.05, 0.1) is 12.1 Å². The molecule has 5 nitrogen and oxygen atoms in total. The summed E-state index contributed by atoms with van der Waals surface area (Å²) in [6.07, 6.45) is 1.45. The Morgan fingerprint density at radius 3 is 2.10 bits per heavy atom. The lowest BCUT2D eigenvalue weighted by atomic mass is 9.97. The molecule has 0 spiro atoms. The molecule has 152 valence electrons. The zero-order chi connectivity index (χ0) is 21.2. The fraction of sp³-hybridized carbons (Fsp3) is 0.273. The number of likely N-dealkylation sites (N-methyl/N-ethyl adjacent to an activating group) is 1. The highest BCUT2D eigenvalue weighted by Gasteiger charge is 2.38. The van der Waals surface area contributed by atoms with Crippen LogP contribution in [0.4, 0.5) is 8.78 Å². The molecule has 1 fully saturated rings. The second kappa shape index (κ2) is 8.03. The lowest BCUT2D eigenvalue weighted by molar-refractivity contribution is -0.159. The van der Waals surface area contributed by atoms with Gasteiger partial charge in [-0.25, -0.2) is 13.6 Å². The average Bonchev–Trinajstić information content (AvgIpc) is 2.93. The Labute approximate surface area is 167 Å². The Bertz CT molecular complexity index is 936. The van der Waals surface area contributed by atoms with E-state index in [0.29, 0.717) is 12.0 Å². The molecule has 1 unspecified atom stereocenters. The van der Waals surface area contributed by atoms with Gasteiger partial charge in [0.2, 0.25) is 11.5 Å². The first-order chi connectivity index (χ1) is 13.6. The van der Waals surface area contributed by atoms with Crippen LogP contribution in [0.25, 0.3) is 0 Å². The van der Waals surface area contributed by atoms with E-state index in [0.717, 1.165) is 11.6 Å². The van der Waals surface area contributed by atoms with Crippen molar-refractivity contribution in [2.75, 3.05) is 7.05 Å². The molecule has 1 aliphatic heterocycles. The van der Waals surface area contributed by atoms with Crippen LogP contribution >= 0.6 is 0 Å². The van der Waals surface area contributed by atoms with Crippen molar-refractivity contribution in [3.63, 3.8) is 0 Å². The Hall–Kier alpha value is -3.22. The van der Waals surface area contributed by atoms with Crippen LogP contribution in [-0.2, 0) is 25.5 Å².